The molecule has 0 amide bonds. The third kappa shape index (κ3) is 12.4. The van der Waals surface area contributed by atoms with Gasteiger partial charge in [-0.15, -0.1) is 45.3 Å². The molecule has 4 heterocycles. The Kier molecular flexibility index (Phi) is 20.3. The molecule has 24 heteroatoms. The Morgan fingerprint density at radius 2 is 0.803 bits per heavy atom. The van der Waals surface area contributed by atoms with Crippen LogP contribution in [0, 0.1) is 13.8 Å². The number of thiazole rings is 4. The van der Waals surface area contributed by atoms with Gasteiger partial charge in [0.05, 0.1) is 55.6 Å². The van der Waals surface area contributed by atoms with E-state index in [1.54, 1.807) is 66.7 Å². The number of phenols is 2. The van der Waals surface area contributed by atoms with Gasteiger partial charge in [0.15, 0.2) is 20.0 Å². The largest absolute Gasteiger partial charge is 1.00 e. The van der Waals surface area contributed by atoms with Crippen molar-refractivity contribution in [2.75, 3.05) is 0 Å². The first-order valence-corrected chi connectivity index (χ1v) is 23.3. The summed E-state index contributed by atoms with van der Waals surface area (Å²) in [4.78, 5) is 64.8. The van der Waals surface area contributed by atoms with E-state index >= 15 is 0 Å². The fourth-order valence-corrected chi connectivity index (χ4v) is 11.3. The molecule has 4 aromatic carbocycles. The van der Waals surface area contributed by atoms with Crippen molar-refractivity contribution in [1.29, 1.82) is 0 Å². The number of aryl methyl sites for hydroxylation is 2. The second kappa shape index (κ2) is 24.7. The molecule has 4 aromatic heterocycles. The third-order valence-electron chi connectivity index (χ3n) is 10.8. The van der Waals surface area contributed by atoms with Crippen LogP contribution < -0.4 is 148 Å². The average molecular weight is 1060 g/mol. The number of rotatable bonds is 11. The van der Waals surface area contributed by atoms with Crippen molar-refractivity contribution in [3.05, 3.63) is 154 Å². The number of carboxylic acid groups (broad SMARTS) is 4. The number of carbonyl (C=O) groups is 4. The second-order valence-corrected chi connectivity index (χ2v) is 19.2. The summed E-state index contributed by atoms with van der Waals surface area (Å²) in [5, 5.41) is 72.6. The van der Waals surface area contributed by atoms with Gasteiger partial charge >= 0.3 is 118 Å². The normalized spacial score (nSPS) is 11.5. The number of nitrogens with zero attached hydrogens (tertiary/aromatic N) is 4. The van der Waals surface area contributed by atoms with Gasteiger partial charge in [-0.25, -0.2) is 15.0 Å². The predicted octanol–water partition coefficient (Wildman–Crippen LogP) is -7.61. The predicted molar refractivity (Wildman–Crippen MR) is 238 cm³/mol. The Morgan fingerprint density at radius 3 is 1.18 bits per heavy atom. The molecule has 16 nitrogen and oxygen atoms in total. The van der Waals surface area contributed by atoms with E-state index in [0.717, 1.165) is 34.0 Å². The molecule has 8 bridgehead atoms. The molecule has 0 saturated heterocycles. The Morgan fingerprint density at radius 1 is 0.479 bits per heavy atom. The SMILES string of the molecule is Cc1nc(-c2nc(COc3c4cccc3Cc3cccc(c3O)Cc3cccc(c3Oc3nc(-c5nc(C)c(C(=O)[O-])s5)sc3C(=O)[O-])Cc3cccc(c3O)C4)c(C(=O)[O-])s2)sc1C(=O)[O-].[Na+].[Na+].[Na+].[Na+]. The van der Waals surface area contributed by atoms with Crippen molar-refractivity contribution < 1.29 is 178 Å². The van der Waals surface area contributed by atoms with Crippen LogP contribution in [0.4, 0.5) is 0 Å². The minimum atomic E-state index is -1.58. The fourth-order valence-electron chi connectivity index (χ4n) is 7.72. The van der Waals surface area contributed by atoms with E-state index in [-0.39, 0.29) is 230 Å². The van der Waals surface area contributed by atoms with Gasteiger partial charge in [0.25, 0.3) is 0 Å². The number of ether oxygens (including phenoxy) is 2. The molecule has 9 rings (SSSR count). The minimum Gasteiger partial charge on any atom is -0.544 e. The molecule has 0 fully saturated rings. The van der Waals surface area contributed by atoms with Crippen LogP contribution >= 0.6 is 45.3 Å². The Hall–Kier alpha value is -3.52. The van der Waals surface area contributed by atoms with Crippen LogP contribution in [-0.4, -0.2) is 54.0 Å². The first-order chi connectivity index (χ1) is 32.1. The maximum atomic E-state index is 12.5. The molecule has 0 aliphatic heterocycles. The molecular weight excluding hydrogens is 1030 g/mol. The summed E-state index contributed by atoms with van der Waals surface area (Å²) in [6.07, 6.45) is 0.422. The molecule has 1 aliphatic rings. The number of hydrogen-bond donors (Lipinski definition) is 2. The van der Waals surface area contributed by atoms with Crippen LogP contribution in [0.3, 0.4) is 0 Å². The van der Waals surface area contributed by atoms with Crippen molar-refractivity contribution >= 4 is 69.2 Å². The summed E-state index contributed by atoms with van der Waals surface area (Å²) in [6.45, 7) is 2.64. The Balaban J connectivity index is 0.00000234. The summed E-state index contributed by atoms with van der Waals surface area (Å²) in [5.74, 6) is -5.80. The Bertz CT molecular complexity index is 3260. The molecule has 338 valence electrons. The number of carboxylic acids is 4. The van der Waals surface area contributed by atoms with Gasteiger partial charge in [-0.05, 0) is 58.4 Å². The molecular formula is C47H30N4Na4O12S4. The maximum Gasteiger partial charge on any atom is 1.00 e. The topological polar surface area (TPSA) is 271 Å². The van der Waals surface area contributed by atoms with Crippen molar-refractivity contribution in [3.8, 4) is 48.9 Å². The van der Waals surface area contributed by atoms with Crippen molar-refractivity contribution in [2.45, 2.75) is 46.1 Å². The van der Waals surface area contributed by atoms with Gasteiger partial charge in [0.2, 0.25) is 5.88 Å². The van der Waals surface area contributed by atoms with Crippen molar-refractivity contribution in [1.82, 2.24) is 19.9 Å². The molecule has 0 radical (unpaired) electrons. The third-order valence-corrected chi connectivity index (χ3v) is 15.5. The van der Waals surface area contributed by atoms with Crippen LogP contribution in [0.25, 0.3) is 20.0 Å². The van der Waals surface area contributed by atoms with Gasteiger partial charge < -0.3 is 59.3 Å². The van der Waals surface area contributed by atoms with E-state index in [2.05, 4.69) is 19.9 Å². The van der Waals surface area contributed by atoms with Crippen LogP contribution in [-0.2, 0) is 32.3 Å². The molecule has 0 spiro atoms. The number of aromatic carboxylic acids is 4. The maximum absolute atomic E-state index is 12.5. The van der Waals surface area contributed by atoms with Crippen LogP contribution in [0.15, 0.2) is 72.8 Å². The zero-order valence-electron chi connectivity index (χ0n) is 38.9. The summed E-state index contributed by atoms with van der Waals surface area (Å²) >= 11 is 3.08. The summed E-state index contributed by atoms with van der Waals surface area (Å²) in [5.41, 5.74) is 4.63. The second-order valence-electron chi connectivity index (χ2n) is 15.2. The van der Waals surface area contributed by atoms with Gasteiger partial charge in [0.1, 0.15) is 34.5 Å². The number of para-hydroxylation sites is 4. The van der Waals surface area contributed by atoms with E-state index in [1.807, 2.05) is 6.07 Å². The number of aromatic nitrogens is 4. The van der Waals surface area contributed by atoms with E-state index in [0.29, 0.717) is 61.6 Å². The number of benzene rings is 4. The number of carbonyl (C=O) groups excluding carboxylic acids is 4. The molecule has 0 unspecified atom stereocenters. The number of hydrogen-bond acceptors (Lipinski definition) is 20. The standard InChI is InChI=1S/C47H34N4O12S4.4Na/c1-20-35(44(54)55)64-40(48-20)42-50-30(37(66-42)46(58)59)19-62-33-26-11-5-12-27(33)16-23-8-4-10-25(32(23)53)18-29-14-6-13-28(17-24-9-3-7-22(15-26)31(24)52)34(29)63-39-38(47(60)61)67-43(51-39)41-49-21(2)36(65-41)45(56)57;;;;/h3-14,52-53H,15-19H2,1-2H3,(H,54,55)(H,56,57)(H,58,59)(H,60,61);;;;/q;4*+1/p-4. The first kappa shape index (κ1) is 58.4. The zero-order valence-corrected chi connectivity index (χ0v) is 50.1. The number of phenolic OH excluding ortho intramolecular Hbond substituents is 2. The monoisotopic (exact) mass is 1060 g/mol. The first-order valence-electron chi connectivity index (χ1n) is 20.1. The van der Waals surface area contributed by atoms with Crippen molar-refractivity contribution in [2.24, 2.45) is 0 Å². The van der Waals surface area contributed by atoms with E-state index in [4.69, 9.17) is 9.47 Å². The van der Waals surface area contributed by atoms with Crippen LogP contribution in [0.5, 0.6) is 28.9 Å². The summed E-state index contributed by atoms with van der Waals surface area (Å²) in [6, 6.07) is 21.2. The Labute approximate surface area is 509 Å². The van der Waals surface area contributed by atoms with Gasteiger partial charge in [0, 0.05) is 25.7 Å². The smallest absolute Gasteiger partial charge is 0.544 e. The van der Waals surface area contributed by atoms with E-state index in [1.165, 1.54) is 13.8 Å². The molecule has 2 N–H and O–H groups in total. The summed E-state index contributed by atoms with van der Waals surface area (Å²) in [7, 11) is 0. The molecule has 71 heavy (non-hydrogen) atoms. The van der Waals surface area contributed by atoms with Crippen LogP contribution in [0.1, 0.15) is 100 Å². The molecule has 8 aromatic rings. The van der Waals surface area contributed by atoms with Gasteiger partial charge in [-0.3, -0.25) is 0 Å². The molecule has 0 saturated carbocycles. The molecule has 1 aliphatic carbocycles. The fraction of sp³-hybridized carbons (Fsp3) is 0.149. The average Bonchev–Trinajstić information content (AvgIpc) is 4.09. The minimum absolute atomic E-state index is 0. The van der Waals surface area contributed by atoms with E-state index < -0.39 is 23.9 Å². The van der Waals surface area contributed by atoms with E-state index in [9.17, 15) is 49.8 Å². The van der Waals surface area contributed by atoms with Crippen LogP contribution in [0.2, 0.25) is 0 Å². The zero-order chi connectivity index (χ0) is 47.3. The number of aromatic hydroxyl groups is 2. The van der Waals surface area contributed by atoms with Gasteiger partial charge in [-0.1, -0.05) is 72.8 Å². The van der Waals surface area contributed by atoms with Crippen molar-refractivity contribution in [3.63, 3.8) is 0 Å². The number of fused-ring (bicyclic) bond motifs is 8. The quantitative estimate of drug-likeness (QED) is 0.114. The summed E-state index contributed by atoms with van der Waals surface area (Å²) < 4.78 is 12.9. The van der Waals surface area contributed by atoms with Gasteiger partial charge in [-0.2, -0.15) is 4.98 Å². The molecule has 0 atom stereocenters.